The van der Waals surface area contributed by atoms with Crippen LogP contribution in [0.2, 0.25) is 0 Å². The molecule has 2 aliphatic rings. The van der Waals surface area contributed by atoms with Gasteiger partial charge in [-0.3, -0.25) is 4.98 Å². The van der Waals surface area contributed by atoms with E-state index in [2.05, 4.69) is 46.7 Å². The van der Waals surface area contributed by atoms with Gasteiger partial charge in [0.15, 0.2) is 0 Å². The van der Waals surface area contributed by atoms with Crippen molar-refractivity contribution in [2.45, 2.75) is 31.2 Å². The number of benzene rings is 1. The quantitative estimate of drug-likeness (QED) is 0.755. The molecule has 0 fully saturated rings. The van der Waals surface area contributed by atoms with Crippen molar-refractivity contribution in [2.75, 3.05) is 5.32 Å². The molecular weight excluding hydrogens is 220 g/mol. The SMILES string of the molecule is c1cnc2c(c1)CCCC1c3ccccc3NC21. The molecule has 1 aromatic carbocycles. The molecule has 2 heterocycles. The Kier molecular flexibility index (Phi) is 2.16. The van der Waals surface area contributed by atoms with E-state index >= 15 is 0 Å². The molecule has 0 saturated carbocycles. The fourth-order valence-electron chi connectivity index (χ4n) is 3.44. The number of para-hydroxylation sites is 1. The minimum absolute atomic E-state index is 0.376. The van der Waals surface area contributed by atoms with Crippen molar-refractivity contribution in [1.82, 2.24) is 4.98 Å². The largest absolute Gasteiger partial charge is 0.376 e. The highest BCUT2D eigenvalue weighted by Crippen LogP contribution is 2.48. The van der Waals surface area contributed by atoms with E-state index in [-0.39, 0.29) is 0 Å². The van der Waals surface area contributed by atoms with Crippen LogP contribution in [0.25, 0.3) is 0 Å². The highest BCUT2D eigenvalue weighted by Gasteiger charge is 2.36. The zero-order valence-corrected chi connectivity index (χ0v) is 10.3. The Labute approximate surface area is 107 Å². The lowest BCUT2D eigenvalue weighted by Crippen LogP contribution is -2.12. The maximum atomic E-state index is 4.64. The summed E-state index contributed by atoms with van der Waals surface area (Å²) in [7, 11) is 0. The van der Waals surface area contributed by atoms with E-state index in [1.165, 1.54) is 41.8 Å². The molecule has 0 spiro atoms. The second kappa shape index (κ2) is 3.84. The first kappa shape index (κ1) is 10.1. The number of pyridine rings is 1. The van der Waals surface area contributed by atoms with Gasteiger partial charge in [-0.25, -0.2) is 0 Å². The lowest BCUT2D eigenvalue weighted by Gasteiger charge is -2.18. The van der Waals surface area contributed by atoms with E-state index in [9.17, 15) is 0 Å². The Bertz CT molecular complexity index is 591. The summed E-state index contributed by atoms with van der Waals surface area (Å²) >= 11 is 0. The van der Waals surface area contributed by atoms with Crippen LogP contribution < -0.4 is 5.32 Å². The number of aromatic nitrogens is 1. The monoisotopic (exact) mass is 236 g/mol. The molecule has 90 valence electrons. The highest BCUT2D eigenvalue weighted by atomic mass is 15.0. The first-order valence-electron chi connectivity index (χ1n) is 6.73. The van der Waals surface area contributed by atoms with Gasteiger partial charge in [-0.15, -0.1) is 0 Å². The van der Waals surface area contributed by atoms with Crippen LogP contribution >= 0.6 is 0 Å². The van der Waals surface area contributed by atoms with E-state index in [1.807, 2.05) is 6.20 Å². The summed E-state index contributed by atoms with van der Waals surface area (Å²) in [5.74, 6) is 0.595. The predicted octanol–water partition coefficient (Wildman–Crippen LogP) is 3.67. The Hall–Kier alpha value is -1.83. The summed E-state index contributed by atoms with van der Waals surface area (Å²) in [6, 6.07) is 13.4. The van der Waals surface area contributed by atoms with Crippen LogP contribution in [0.1, 0.15) is 41.6 Å². The van der Waals surface area contributed by atoms with E-state index in [4.69, 9.17) is 0 Å². The Morgan fingerprint density at radius 1 is 1.11 bits per heavy atom. The van der Waals surface area contributed by atoms with Gasteiger partial charge in [0.25, 0.3) is 0 Å². The number of fused-ring (bicyclic) bond motifs is 5. The molecule has 2 nitrogen and oxygen atoms in total. The number of rotatable bonds is 0. The molecule has 1 aliphatic carbocycles. The fraction of sp³-hybridized carbons (Fsp3) is 0.312. The van der Waals surface area contributed by atoms with Gasteiger partial charge < -0.3 is 5.32 Å². The van der Waals surface area contributed by atoms with Crippen LogP contribution in [0.15, 0.2) is 42.6 Å². The number of anilines is 1. The van der Waals surface area contributed by atoms with Crippen LogP contribution in [0, 0.1) is 0 Å². The fourth-order valence-corrected chi connectivity index (χ4v) is 3.44. The zero-order valence-electron chi connectivity index (χ0n) is 10.3. The molecule has 1 N–H and O–H groups in total. The molecular formula is C16H16N2. The number of nitrogens with one attached hydrogen (secondary N) is 1. The van der Waals surface area contributed by atoms with Crippen LogP contribution in [0.5, 0.6) is 0 Å². The minimum Gasteiger partial charge on any atom is -0.376 e. The van der Waals surface area contributed by atoms with Crippen LogP contribution in [0.3, 0.4) is 0 Å². The maximum absolute atomic E-state index is 4.64. The minimum atomic E-state index is 0.376. The predicted molar refractivity (Wildman–Crippen MR) is 72.7 cm³/mol. The molecule has 4 rings (SSSR count). The van der Waals surface area contributed by atoms with Crippen LogP contribution in [-0.2, 0) is 6.42 Å². The number of aryl methyl sites for hydroxylation is 1. The number of nitrogens with zero attached hydrogens (tertiary/aromatic N) is 1. The van der Waals surface area contributed by atoms with Gasteiger partial charge in [-0.1, -0.05) is 24.3 Å². The third-order valence-electron chi connectivity index (χ3n) is 4.26. The number of hydrogen-bond acceptors (Lipinski definition) is 2. The van der Waals surface area contributed by atoms with Crippen LogP contribution in [0.4, 0.5) is 5.69 Å². The third kappa shape index (κ3) is 1.38. The van der Waals surface area contributed by atoms with E-state index < -0.39 is 0 Å². The second-order valence-corrected chi connectivity index (χ2v) is 5.26. The van der Waals surface area contributed by atoms with Crippen molar-refractivity contribution in [3.63, 3.8) is 0 Å². The van der Waals surface area contributed by atoms with Gasteiger partial charge in [-0.05, 0) is 42.5 Å². The Morgan fingerprint density at radius 2 is 2.06 bits per heavy atom. The van der Waals surface area contributed by atoms with Gasteiger partial charge in [-0.2, -0.15) is 0 Å². The van der Waals surface area contributed by atoms with Gasteiger partial charge in [0.05, 0.1) is 11.7 Å². The first-order valence-corrected chi connectivity index (χ1v) is 6.73. The first-order chi connectivity index (χ1) is 8.93. The van der Waals surface area contributed by atoms with Gasteiger partial charge >= 0.3 is 0 Å². The van der Waals surface area contributed by atoms with E-state index in [1.54, 1.807) is 0 Å². The van der Waals surface area contributed by atoms with Crippen molar-refractivity contribution >= 4 is 5.69 Å². The smallest absolute Gasteiger partial charge is 0.0757 e. The van der Waals surface area contributed by atoms with E-state index in [0.29, 0.717) is 12.0 Å². The van der Waals surface area contributed by atoms with Crippen molar-refractivity contribution < 1.29 is 0 Å². The summed E-state index contributed by atoms with van der Waals surface area (Å²) in [4.78, 5) is 4.64. The molecule has 1 aliphatic heterocycles. The van der Waals surface area contributed by atoms with Crippen molar-refractivity contribution in [2.24, 2.45) is 0 Å². The number of hydrogen-bond donors (Lipinski definition) is 1. The molecule has 2 heteroatoms. The molecule has 0 saturated heterocycles. The molecule has 1 aromatic heterocycles. The van der Waals surface area contributed by atoms with Crippen LogP contribution in [-0.4, -0.2) is 4.98 Å². The second-order valence-electron chi connectivity index (χ2n) is 5.26. The Balaban J connectivity index is 1.85. The molecule has 2 unspecified atom stereocenters. The van der Waals surface area contributed by atoms with Crippen molar-refractivity contribution in [1.29, 1.82) is 0 Å². The summed E-state index contributed by atoms with van der Waals surface area (Å²) in [6.07, 6.45) is 5.60. The normalized spacial score (nSPS) is 24.4. The third-order valence-corrected chi connectivity index (χ3v) is 4.26. The van der Waals surface area contributed by atoms with Crippen molar-refractivity contribution in [3.05, 3.63) is 59.4 Å². The van der Waals surface area contributed by atoms with Gasteiger partial charge in [0.2, 0.25) is 0 Å². The van der Waals surface area contributed by atoms with Gasteiger partial charge in [0, 0.05) is 17.8 Å². The molecule has 0 bridgehead atoms. The lowest BCUT2D eigenvalue weighted by molar-refractivity contribution is 0.566. The lowest BCUT2D eigenvalue weighted by atomic mass is 9.90. The molecule has 0 amide bonds. The average molecular weight is 236 g/mol. The molecule has 0 radical (unpaired) electrons. The zero-order chi connectivity index (χ0) is 11.9. The Morgan fingerprint density at radius 3 is 3.06 bits per heavy atom. The maximum Gasteiger partial charge on any atom is 0.0757 e. The molecule has 18 heavy (non-hydrogen) atoms. The summed E-state index contributed by atoms with van der Waals surface area (Å²) in [5, 5.41) is 3.67. The average Bonchev–Trinajstić information content (AvgIpc) is 2.69. The molecule has 2 atom stereocenters. The van der Waals surface area contributed by atoms with Gasteiger partial charge in [0.1, 0.15) is 0 Å². The highest BCUT2D eigenvalue weighted by molar-refractivity contribution is 5.61. The summed E-state index contributed by atoms with van der Waals surface area (Å²) in [6.45, 7) is 0. The summed E-state index contributed by atoms with van der Waals surface area (Å²) < 4.78 is 0. The summed E-state index contributed by atoms with van der Waals surface area (Å²) in [5.41, 5.74) is 5.45. The van der Waals surface area contributed by atoms with Crippen molar-refractivity contribution in [3.8, 4) is 0 Å². The topological polar surface area (TPSA) is 24.9 Å². The molecule has 2 aromatic rings. The standard InChI is InChI=1S/C16H16N2/c1-2-9-14-12(7-1)13-8-3-5-11-6-4-10-17-15(11)16(13)18-14/h1-2,4,6-7,9-10,13,16,18H,3,5,8H2. The van der Waals surface area contributed by atoms with E-state index in [0.717, 1.165) is 0 Å².